The smallest absolute Gasteiger partial charge is 0.195 e. The van der Waals surface area contributed by atoms with E-state index in [-0.39, 0.29) is 22.9 Å². The first kappa shape index (κ1) is 11.2. The van der Waals surface area contributed by atoms with Gasteiger partial charge >= 0.3 is 0 Å². The van der Waals surface area contributed by atoms with Crippen LogP contribution in [-0.2, 0) is 11.2 Å². The van der Waals surface area contributed by atoms with E-state index >= 15 is 0 Å². The van der Waals surface area contributed by atoms with Crippen LogP contribution in [0.1, 0.15) is 12.0 Å². The number of rotatable bonds is 3. The average molecular weight is 267 g/mol. The van der Waals surface area contributed by atoms with Crippen LogP contribution >= 0.6 is 15.9 Å². The zero-order valence-electron chi connectivity index (χ0n) is 6.99. The predicted octanol–water partition coefficient (Wildman–Crippen LogP) is 3.00. The summed E-state index contributed by atoms with van der Waals surface area (Å²) in [5.41, 5.74) is -0.0112. The molecule has 0 aliphatic heterocycles. The summed E-state index contributed by atoms with van der Waals surface area (Å²) < 4.78 is 38.4. The Kier molecular flexibility index (Phi) is 3.69. The molecule has 0 spiro atoms. The van der Waals surface area contributed by atoms with Gasteiger partial charge in [0.15, 0.2) is 17.5 Å². The lowest BCUT2D eigenvalue weighted by Crippen LogP contribution is -1.99. The number of aryl methyl sites for hydroxylation is 1. The molecule has 5 heteroatoms. The van der Waals surface area contributed by atoms with E-state index in [0.717, 1.165) is 6.07 Å². The fraction of sp³-hybridized carbons (Fsp3) is 0.222. The van der Waals surface area contributed by atoms with Crippen LogP contribution in [0.3, 0.4) is 0 Å². The van der Waals surface area contributed by atoms with Gasteiger partial charge in [0.2, 0.25) is 0 Å². The SMILES string of the molecule is O=CCCc1cc(Br)c(F)c(F)c1F. The van der Waals surface area contributed by atoms with Gasteiger partial charge in [-0.2, -0.15) is 0 Å². The zero-order chi connectivity index (χ0) is 10.7. The lowest BCUT2D eigenvalue weighted by atomic mass is 10.1. The highest BCUT2D eigenvalue weighted by Gasteiger charge is 2.16. The molecular weight excluding hydrogens is 261 g/mol. The Hall–Kier alpha value is -0.840. The topological polar surface area (TPSA) is 17.1 Å². The van der Waals surface area contributed by atoms with Crippen molar-refractivity contribution in [1.82, 2.24) is 0 Å². The van der Waals surface area contributed by atoms with Crippen LogP contribution < -0.4 is 0 Å². The minimum Gasteiger partial charge on any atom is -0.303 e. The number of hydrogen-bond donors (Lipinski definition) is 0. The van der Waals surface area contributed by atoms with Gasteiger partial charge in [0.1, 0.15) is 6.29 Å². The number of carbonyl (C=O) groups excluding carboxylic acids is 1. The normalized spacial score (nSPS) is 10.3. The van der Waals surface area contributed by atoms with Crippen LogP contribution in [0.2, 0.25) is 0 Å². The van der Waals surface area contributed by atoms with Gasteiger partial charge in [0.05, 0.1) is 4.47 Å². The molecule has 1 rings (SSSR count). The molecule has 0 bridgehead atoms. The van der Waals surface area contributed by atoms with Gasteiger partial charge in [0.25, 0.3) is 0 Å². The van der Waals surface area contributed by atoms with E-state index in [1.807, 2.05) is 0 Å². The third kappa shape index (κ3) is 2.15. The molecule has 0 saturated carbocycles. The second kappa shape index (κ2) is 4.59. The van der Waals surface area contributed by atoms with Crippen molar-refractivity contribution in [1.29, 1.82) is 0 Å². The number of carbonyl (C=O) groups is 1. The minimum absolute atomic E-state index is 0.0112. The molecule has 0 aromatic heterocycles. The maximum atomic E-state index is 13.0. The Morgan fingerprint density at radius 2 is 1.86 bits per heavy atom. The van der Waals surface area contributed by atoms with E-state index in [1.165, 1.54) is 0 Å². The average Bonchev–Trinajstić information content (AvgIpc) is 2.18. The van der Waals surface area contributed by atoms with Gasteiger partial charge in [-0.25, -0.2) is 13.2 Å². The molecule has 0 aliphatic rings. The van der Waals surface area contributed by atoms with E-state index in [4.69, 9.17) is 0 Å². The second-order valence-electron chi connectivity index (χ2n) is 2.66. The molecule has 0 amide bonds. The van der Waals surface area contributed by atoms with Crippen molar-refractivity contribution in [3.8, 4) is 0 Å². The molecule has 0 aliphatic carbocycles. The molecular formula is C9H6BrF3O. The minimum atomic E-state index is -1.51. The molecule has 0 radical (unpaired) electrons. The van der Waals surface area contributed by atoms with Crippen molar-refractivity contribution < 1.29 is 18.0 Å². The first-order chi connectivity index (χ1) is 6.57. The van der Waals surface area contributed by atoms with Crippen molar-refractivity contribution in [2.45, 2.75) is 12.8 Å². The summed E-state index contributed by atoms with van der Waals surface area (Å²) in [5, 5.41) is 0. The van der Waals surface area contributed by atoms with E-state index in [2.05, 4.69) is 15.9 Å². The fourth-order valence-electron chi connectivity index (χ4n) is 1.02. The Labute approximate surface area is 87.1 Å². The fourth-order valence-corrected chi connectivity index (χ4v) is 1.47. The molecule has 14 heavy (non-hydrogen) atoms. The van der Waals surface area contributed by atoms with Crippen molar-refractivity contribution >= 4 is 22.2 Å². The van der Waals surface area contributed by atoms with Crippen molar-refractivity contribution in [2.24, 2.45) is 0 Å². The summed E-state index contributed by atoms with van der Waals surface area (Å²) in [7, 11) is 0. The summed E-state index contributed by atoms with van der Waals surface area (Å²) in [4.78, 5) is 10.0. The largest absolute Gasteiger partial charge is 0.303 e. The number of hydrogen-bond acceptors (Lipinski definition) is 1. The number of halogens is 4. The number of aldehydes is 1. The van der Waals surface area contributed by atoms with Crippen molar-refractivity contribution in [3.05, 3.63) is 33.6 Å². The molecule has 0 saturated heterocycles. The Balaban J connectivity index is 3.12. The Bertz CT molecular complexity index is 366. The summed E-state index contributed by atoms with van der Waals surface area (Å²) in [6.45, 7) is 0. The van der Waals surface area contributed by atoms with Crippen molar-refractivity contribution in [2.75, 3.05) is 0 Å². The van der Waals surface area contributed by atoms with Gasteiger partial charge in [-0.15, -0.1) is 0 Å². The lowest BCUT2D eigenvalue weighted by Gasteiger charge is -2.04. The first-order valence-corrected chi connectivity index (χ1v) is 4.62. The molecule has 0 atom stereocenters. The van der Waals surface area contributed by atoms with Gasteiger partial charge < -0.3 is 4.79 Å². The zero-order valence-corrected chi connectivity index (χ0v) is 8.58. The molecule has 0 heterocycles. The molecule has 1 aromatic rings. The van der Waals surface area contributed by atoms with Gasteiger partial charge in [0, 0.05) is 6.42 Å². The highest BCUT2D eigenvalue weighted by atomic mass is 79.9. The lowest BCUT2D eigenvalue weighted by molar-refractivity contribution is -0.107. The highest BCUT2D eigenvalue weighted by molar-refractivity contribution is 9.10. The maximum absolute atomic E-state index is 13.0. The van der Waals surface area contributed by atoms with E-state index in [0.29, 0.717) is 6.29 Å². The van der Waals surface area contributed by atoms with Crippen LogP contribution in [0.5, 0.6) is 0 Å². The van der Waals surface area contributed by atoms with Crippen LogP contribution in [0.25, 0.3) is 0 Å². The highest BCUT2D eigenvalue weighted by Crippen LogP contribution is 2.24. The molecule has 0 fully saturated rings. The van der Waals surface area contributed by atoms with Gasteiger partial charge in [-0.3, -0.25) is 0 Å². The standard InChI is InChI=1S/C9H6BrF3O/c10-6-4-5(2-1-3-14)7(11)9(13)8(6)12/h3-4H,1-2H2. The van der Waals surface area contributed by atoms with Crippen LogP contribution in [-0.4, -0.2) is 6.29 Å². The third-order valence-electron chi connectivity index (χ3n) is 1.71. The second-order valence-corrected chi connectivity index (χ2v) is 3.52. The van der Waals surface area contributed by atoms with E-state index in [1.54, 1.807) is 0 Å². The van der Waals surface area contributed by atoms with Crippen molar-refractivity contribution in [3.63, 3.8) is 0 Å². The summed E-state index contributed by atoms with van der Waals surface area (Å²) in [5.74, 6) is -4.00. The van der Waals surface area contributed by atoms with E-state index < -0.39 is 17.5 Å². The van der Waals surface area contributed by atoms with Crippen LogP contribution in [0.4, 0.5) is 13.2 Å². The molecule has 76 valence electrons. The summed E-state index contributed by atoms with van der Waals surface area (Å²) in [6, 6.07) is 1.14. The quantitative estimate of drug-likeness (QED) is 0.467. The van der Waals surface area contributed by atoms with E-state index in [9.17, 15) is 18.0 Å². The molecule has 1 aromatic carbocycles. The third-order valence-corrected chi connectivity index (χ3v) is 2.29. The van der Waals surface area contributed by atoms with Gasteiger partial charge in [-0.1, -0.05) is 0 Å². The molecule has 0 N–H and O–H groups in total. The Morgan fingerprint density at radius 3 is 2.43 bits per heavy atom. The summed E-state index contributed by atoms with van der Waals surface area (Å²) >= 11 is 2.75. The molecule has 0 unspecified atom stereocenters. The predicted molar refractivity (Wildman–Crippen MR) is 48.4 cm³/mol. The maximum Gasteiger partial charge on any atom is 0.195 e. The first-order valence-electron chi connectivity index (χ1n) is 3.83. The molecule has 1 nitrogen and oxygen atoms in total. The summed E-state index contributed by atoms with van der Waals surface area (Å²) in [6.07, 6.45) is 0.730. The van der Waals surface area contributed by atoms with Crippen LogP contribution in [0.15, 0.2) is 10.5 Å². The van der Waals surface area contributed by atoms with Crippen LogP contribution in [0, 0.1) is 17.5 Å². The van der Waals surface area contributed by atoms with Gasteiger partial charge in [-0.05, 0) is 34.0 Å². The Morgan fingerprint density at radius 1 is 1.21 bits per heavy atom. The monoisotopic (exact) mass is 266 g/mol. The number of benzene rings is 1.